The Balaban J connectivity index is 1.76. The molecular formula is C16H23N3O5S. The minimum Gasteiger partial charge on any atom is -0.496 e. The Morgan fingerprint density at radius 2 is 1.88 bits per heavy atom. The van der Waals surface area contributed by atoms with Crippen molar-refractivity contribution in [2.24, 2.45) is 7.05 Å². The molecule has 1 aromatic heterocycles. The summed E-state index contributed by atoms with van der Waals surface area (Å²) in [4.78, 5) is 24.3. The minimum atomic E-state index is -3.22. The molecule has 2 atom stereocenters. The molecule has 25 heavy (non-hydrogen) atoms. The molecular weight excluding hydrogens is 346 g/mol. The first-order valence-electron chi connectivity index (χ1n) is 8.24. The van der Waals surface area contributed by atoms with Crippen LogP contribution in [0.5, 0.6) is 5.75 Å². The maximum absolute atomic E-state index is 12.6. The molecule has 0 aliphatic carbocycles. The van der Waals surface area contributed by atoms with Crippen molar-refractivity contribution in [3.8, 4) is 5.75 Å². The van der Waals surface area contributed by atoms with E-state index in [2.05, 4.69) is 5.32 Å². The van der Waals surface area contributed by atoms with Crippen LogP contribution in [0.25, 0.3) is 0 Å². The molecule has 0 radical (unpaired) electrons. The maximum Gasteiger partial charge on any atom is 0.256 e. The molecule has 2 bridgehead atoms. The molecule has 1 aromatic rings. The normalized spacial score (nSPS) is 26.4. The van der Waals surface area contributed by atoms with Crippen LogP contribution < -0.4 is 15.6 Å². The SMILES string of the molecule is COc1cc(=O)n(C)cc1C(=O)NC1CC2CCC(C1)N2S(C)(=O)=O. The van der Waals surface area contributed by atoms with Crippen LogP contribution in [0.3, 0.4) is 0 Å². The summed E-state index contributed by atoms with van der Waals surface area (Å²) in [7, 11) is -0.238. The first-order chi connectivity index (χ1) is 11.7. The smallest absolute Gasteiger partial charge is 0.256 e. The Labute approximate surface area is 146 Å². The number of carbonyl (C=O) groups excluding carboxylic acids is 1. The van der Waals surface area contributed by atoms with Crippen molar-refractivity contribution >= 4 is 15.9 Å². The fourth-order valence-electron chi connectivity index (χ4n) is 4.01. The van der Waals surface area contributed by atoms with E-state index in [0.717, 1.165) is 12.8 Å². The third-order valence-electron chi connectivity index (χ3n) is 5.04. The second-order valence-electron chi connectivity index (χ2n) is 6.82. The quantitative estimate of drug-likeness (QED) is 0.810. The molecule has 9 heteroatoms. The van der Waals surface area contributed by atoms with Gasteiger partial charge in [-0.15, -0.1) is 0 Å². The number of carbonyl (C=O) groups is 1. The van der Waals surface area contributed by atoms with Gasteiger partial charge in [-0.1, -0.05) is 0 Å². The number of amides is 1. The Kier molecular flexibility index (Phi) is 4.63. The summed E-state index contributed by atoms with van der Waals surface area (Å²) in [6.07, 6.45) is 5.55. The number of hydrogen-bond acceptors (Lipinski definition) is 5. The van der Waals surface area contributed by atoms with Crippen LogP contribution >= 0.6 is 0 Å². The number of ether oxygens (including phenoxy) is 1. The average molecular weight is 369 g/mol. The highest BCUT2D eigenvalue weighted by atomic mass is 32.2. The van der Waals surface area contributed by atoms with Crippen LogP contribution in [0.4, 0.5) is 0 Å². The van der Waals surface area contributed by atoms with E-state index < -0.39 is 10.0 Å². The molecule has 2 fully saturated rings. The topological polar surface area (TPSA) is 97.7 Å². The van der Waals surface area contributed by atoms with Gasteiger partial charge in [-0.3, -0.25) is 9.59 Å². The lowest BCUT2D eigenvalue weighted by Gasteiger charge is -2.37. The molecule has 1 amide bonds. The van der Waals surface area contributed by atoms with E-state index in [4.69, 9.17) is 4.74 Å². The second kappa shape index (κ2) is 6.45. The van der Waals surface area contributed by atoms with Gasteiger partial charge >= 0.3 is 0 Å². The van der Waals surface area contributed by atoms with E-state index >= 15 is 0 Å². The van der Waals surface area contributed by atoms with Gasteiger partial charge in [0.2, 0.25) is 10.0 Å². The van der Waals surface area contributed by atoms with Gasteiger partial charge in [0.15, 0.2) is 0 Å². The van der Waals surface area contributed by atoms with Crippen molar-refractivity contribution in [1.29, 1.82) is 0 Å². The minimum absolute atomic E-state index is 0.0546. The Morgan fingerprint density at radius 1 is 1.28 bits per heavy atom. The Bertz CT molecular complexity index is 834. The first kappa shape index (κ1) is 17.9. The number of nitrogens with zero attached hydrogens (tertiary/aromatic N) is 2. The van der Waals surface area contributed by atoms with Crippen LogP contribution in [0.15, 0.2) is 17.1 Å². The molecule has 0 saturated carbocycles. The number of hydrogen-bond donors (Lipinski definition) is 1. The number of nitrogens with one attached hydrogen (secondary N) is 1. The van der Waals surface area contributed by atoms with Gasteiger partial charge < -0.3 is 14.6 Å². The molecule has 2 unspecified atom stereocenters. The molecule has 2 aliphatic rings. The average Bonchev–Trinajstić information content (AvgIpc) is 2.82. The number of aryl methyl sites for hydroxylation is 1. The van der Waals surface area contributed by atoms with E-state index in [1.165, 1.54) is 30.2 Å². The summed E-state index contributed by atoms with van der Waals surface area (Å²) < 4.78 is 32.0. The fraction of sp³-hybridized carbons (Fsp3) is 0.625. The predicted octanol–water partition coefficient (Wildman–Crippen LogP) is 0.0787. The van der Waals surface area contributed by atoms with E-state index in [9.17, 15) is 18.0 Å². The third kappa shape index (κ3) is 3.43. The highest BCUT2D eigenvalue weighted by Gasteiger charge is 2.45. The van der Waals surface area contributed by atoms with Crippen LogP contribution in [0, 0.1) is 0 Å². The van der Waals surface area contributed by atoms with Gasteiger partial charge in [0.25, 0.3) is 11.5 Å². The summed E-state index contributed by atoms with van der Waals surface area (Å²) in [5.41, 5.74) is 0.0374. The predicted molar refractivity (Wildman–Crippen MR) is 92.2 cm³/mol. The van der Waals surface area contributed by atoms with Crippen molar-refractivity contribution in [2.75, 3.05) is 13.4 Å². The summed E-state index contributed by atoms with van der Waals surface area (Å²) in [5.74, 6) is -0.0817. The van der Waals surface area contributed by atoms with Crippen molar-refractivity contribution in [3.63, 3.8) is 0 Å². The van der Waals surface area contributed by atoms with E-state index in [1.807, 2.05) is 0 Å². The molecule has 0 spiro atoms. The largest absolute Gasteiger partial charge is 0.496 e. The number of fused-ring (bicyclic) bond motifs is 2. The second-order valence-corrected chi connectivity index (χ2v) is 8.71. The highest BCUT2D eigenvalue weighted by Crippen LogP contribution is 2.37. The van der Waals surface area contributed by atoms with E-state index in [-0.39, 0.29) is 35.3 Å². The van der Waals surface area contributed by atoms with E-state index in [0.29, 0.717) is 18.4 Å². The number of pyridine rings is 1. The lowest BCUT2D eigenvalue weighted by Crippen LogP contribution is -2.52. The van der Waals surface area contributed by atoms with Crippen molar-refractivity contribution in [2.45, 2.75) is 43.8 Å². The summed E-state index contributed by atoms with van der Waals surface area (Å²) >= 11 is 0. The number of sulfonamides is 1. The number of rotatable bonds is 4. The lowest BCUT2D eigenvalue weighted by molar-refractivity contribution is 0.0905. The number of aromatic nitrogens is 1. The van der Waals surface area contributed by atoms with Crippen molar-refractivity contribution in [1.82, 2.24) is 14.2 Å². The number of methoxy groups -OCH3 is 1. The van der Waals surface area contributed by atoms with Gasteiger partial charge in [-0.25, -0.2) is 8.42 Å². The molecule has 3 heterocycles. The highest BCUT2D eigenvalue weighted by molar-refractivity contribution is 7.88. The molecule has 0 aromatic carbocycles. The molecule has 2 aliphatic heterocycles. The molecule has 2 saturated heterocycles. The van der Waals surface area contributed by atoms with Gasteiger partial charge in [-0.05, 0) is 25.7 Å². The Morgan fingerprint density at radius 3 is 2.40 bits per heavy atom. The van der Waals surface area contributed by atoms with Crippen LogP contribution in [-0.2, 0) is 17.1 Å². The summed E-state index contributed by atoms with van der Waals surface area (Å²) in [5, 5.41) is 2.97. The molecule has 1 N–H and O–H groups in total. The van der Waals surface area contributed by atoms with Crippen LogP contribution in [0.1, 0.15) is 36.0 Å². The van der Waals surface area contributed by atoms with Gasteiger partial charge in [0, 0.05) is 37.4 Å². The zero-order valence-corrected chi connectivity index (χ0v) is 15.4. The monoisotopic (exact) mass is 369 g/mol. The summed E-state index contributed by atoms with van der Waals surface area (Å²) in [6.45, 7) is 0. The molecule has 3 rings (SSSR count). The fourth-order valence-corrected chi connectivity index (χ4v) is 5.47. The standard InChI is InChI=1S/C16H23N3O5S/c1-18-9-13(14(24-2)8-15(18)20)16(21)17-10-6-11-4-5-12(7-10)19(11)25(3,22)23/h8-12H,4-7H2,1-3H3,(H,17,21). The zero-order valence-electron chi connectivity index (χ0n) is 14.6. The van der Waals surface area contributed by atoms with Crippen molar-refractivity contribution in [3.05, 3.63) is 28.2 Å². The Hall–Kier alpha value is -1.87. The zero-order chi connectivity index (χ0) is 18.4. The third-order valence-corrected chi connectivity index (χ3v) is 6.40. The van der Waals surface area contributed by atoms with E-state index in [1.54, 1.807) is 11.4 Å². The maximum atomic E-state index is 12.6. The van der Waals surface area contributed by atoms with Crippen LogP contribution in [-0.4, -0.2) is 54.7 Å². The van der Waals surface area contributed by atoms with Crippen LogP contribution in [0.2, 0.25) is 0 Å². The first-order valence-corrected chi connectivity index (χ1v) is 10.1. The molecule has 8 nitrogen and oxygen atoms in total. The van der Waals surface area contributed by atoms with Crippen molar-refractivity contribution < 1.29 is 17.9 Å². The molecule has 138 valence electrons. The van der Waals surface area contributed by atoms with Gasteiger partial charge in [0.05, 0.1) is 18.9 Å². The van der Waals surface area contributed by atoms with Gasteiger partial charge in [-0.2, -0.15) is 4.31 Å². The summed E-state index contributed by atoms with van der Waals surface area (Å²) in [6, 6.07) is 1.08. The number of piperidine rings is 1. The lowest BCUT2D eigenvalue weighted by atomic mass is 9.99. The van der Waals surface area contributed by atoms with Gasteiger partial charge in [0.1, 0.15) is 5.75 Å².